The number of likely N-dealkylation sites (tertiary alicyclic amines) is 1. The van der Waals surface area contributed by atoms with Crippen LogP contribution in [0, 0.1) is 23.2 Å². The molecule has 212 valence electrons. The Morgan fingerprint density at radius 3 is 2.69 bits per heavy atom. The van der Waals surface area contributed by atoms with E-state index in [-0.39, 0.29) is 10.8 Å². The number of nitrogens with one attached hydrogen (secondary N) is 1. The third-order valence-corrected chi connectivity index (χ3v) is 10.6. The quantitative estimate of drug-likeness (QED) is 0.185. The lowest BCUT2D eigenvalue weighted by Crippen LogP contribution is -2.64. The Morgan fingerprint density at radius 1 is 1.26 bits per heavy atom. The first-order valence-electron chi connectivity index (χ1n) is 15.2. The zero-order chi connectivity index (χ0) is 27.9. The molecular formula is C34H50N4O. The van der Waals surface area contributed by atoms with Gasteiger partial charge in [0.2, 0.25) is 0 Å². The Labute approximate surface area is 236 Å². The molecule has 1 aromatic rings. The van der Waals surface area contributed by atoms with Gasteiger partial charge >= 0.3 is 0 Å². The molecule has 0 bridgehead atoms. The van der Waals surface area contributed by atoms with E-state index in [1.54, 1.807) is 0 Å². The van der Waals surface area contributed by atoms with Gasteiger partial charge < -0.3 is 16.2 Å². The third-order valence-electron chi connectivity index (χ3n) is 10.6. The first-order valence-corrected chi connectivity index (χ1v) is 15.2. The molecule has 5 rings (SSSR count). The number of nitrogens with two attached hydrogens (primary N) is 1. The lowest BCUT2D eigenvalue weighted by molar-refractivity contribution is -0.0712. The van der Waals surface area contributed by atoms with Gasteiger partial charge in [-0.2, -0.15) is 0 Å². The van der Waals surface area contributed by atoms with Gasteiger partial charge in [-0.15, -0.1) is 0 Å². The van der Waals surface area contributed by atoms with Crippen molar-refractivity contribution in [3.8, 4) is 5.75 Å². The Bertz CT molecular complexity index is 1190. The molecule has 1 heterocycles. The van der Waals surface area contributed by atoms with Gasteiger partial charge in [0.25, 0.3) is 0 Å². The highest BCUT2D eigenvalue weighted by Crippen LogP contribution is 2.70. The van der Waals surface area contributed by atoms with E-state index in [0.717, 1.165) is 42.3 Å². The predicted octanol–water partition coefficient (Wildman–Crippen LogP) is 6.44. The highest BCUT2D eigenvalue weighted by atomic mass is 16.3. The highest BCUT2D eigenvalue weighted by molar-refractivity contribution is 5.84. The van der Waals surface area contributed by atoms with Crippen molar-refractivity contribution in [2.24, 2.45) is 33.9 Å². The van der Waals surface area contributed by atoms with E-state index in [0.29, 0.717) is 29.3 Å². The predicted molar refractivity (Wildman–Crippen MR) is 163 cm³/mol. The van der Waals surface area contributed by atoms with Crippen LogP contribution in [-0.4, -0.2) is 41.9 Å². The van der Waals surface area contributed by atoms with E-state index in [9.17, 15) is 5.11 Å². The molecule has 0 amide bonds. The number of nitrogens with zero attached hydrogens (tertiary/aromatic N) is 2. The standard InChI is InChI=1S/C34H50N4O/c1-7-27(24(5)35)19-37-32(22(2)3)36-14-8-13-33-17-23(4)18-34(33)29(15-28-11-12-30(39)16-31(28)34)21-38(25(33)6)20-26-9-10-26/h7,11-12,16,19,23,25-26,29,36,39H,5,8-10,13-15,17-18,20-21,35H2,1-4,6H3/b27-7+,37-19?/t23-,25?,29?,33?,34?/m0/s1. The summed E-state index contributed by atoms with van der Waals surface area (Å²) in [4.78, 5) is 7.61. The maximum Gasteiger partial charge on any atom is 0.124 e. The van der Waals surface area contributed by atoms with Crippen LogP contribution >= 0.6 is 0 Å². The lowest BCUT2D eigenvalue weighted by atomic mass is 9.51. The summed E-state index contributed by atoms with van der Waals surface area (Å²) in [6, 6.07) is 6.81. The average Bonchev–Trinajstić information content (AvgIpc) is 3.57. The number of piperidine rings is 1. The molecule has 3 aliphatic carbocycles. The first kappa shape index (κ1) is 28.0. The summed E-state index contributed by atoms with van der Waals surface area (Å²) < 4.78 is 0. The fourth-order valence-electron chi connectivity index (χ4n) is 8.79. The van der Waals surface area contributed by atoms with Crippen molar-refractivity contribution in [3.05, 3.63) is 64.6 Å². The molecule has 0 radical (unpaired) electrons. The molecule has 4 aliphatic rings. The Hall–Kier alpha value is -2.53. The van der Waals surface area contributed by atoms with Crippen LogP contribution in [0.4, 0.5) is 0 Å². The number of benzene rings is 1. The minimum absolute atomic E-state index is 0.166. The number of allylic oxidation sites excluding steroid dienone is 3. The van der Waals surface area contributed by atoms with Gasteiger partial charge in [-0.05, 0) is 125 Å². The van der Waals surface area contributed by atoms with Crippen LogP contribution in [0.3, 0.4) is 0 Å². The zero-order valence-electron chi connectivity index (χ0n) is 24.9. The van der Waals surface area contributed by atoms with Gasteiger partial charge in [-0.3, -0.25) is 4.90 Å². The summed E-state index contributed by atoms with van der Waals surface area (Å²) in [5.74, 6) is 3.58. The summed E-state index contributed by atoms with van der Waals surface area (Å²) in [5, 5.41) is 14.3. The minimum Gasteiger partial charge on any atom is -0.508 e. The minimum atomic E-state index is 0.166. The van der Waals surface area contributed by atoms with Gasteiger partial charge in [0.1, 0.15) is 11.6 Å². The lowest BCUT2D eigenvalue weighted by Gasteiger charge is -2.60. The molecule has 1 saturated heterocycles. The number of aliphatic imine (C=N–C) groups is 1. The zero-order valence-corrected chi connectivity index (χ0v) is 24.9. The van der Waals surface area contributed by atoms with Gasteiger partial charge in [-0.25, -0.2) is 4.99 Å². The van der Waals surface area contributed by atoms with E-state index >= 15 is 0 Å². The van der Waals surface area contributed by atoms with Crippen molar-refractivity contribution in [1.29, 1.82) is 0 Å². The summed E-state index contributed by atoms with van der Waals surface area (Å²) in [7, 11) is 0. The fraction of sp³-hybridized carbons (Fsp3) is 0.618. The molecule has 1 spiro atoms. The SMILES string of the molecule is C=C(N)/C(C=NC(NCCCC12C[C@H](C)CC13c1cc(O)ccc1CC3CN(CC1CC1)C2C)=C(C)C)=C/C. The third kappa shape index (κ3) is 4.96. The van der Waals surface area contributed by atoms with E-state index in [4.69, 9.17) is 10.7 Å². The molecule has 5 atom stereocenters. The molecule has 1 aromatic carbocycles. The number of aromatic hydroxyl groups is 1. The number of phenolic OH excluding ortho intramolecular Hbond substituents is 1. The number of fused-ring (bicyclic) bond motifs is 1. The summed E-state index contributed by atoms with van der Waals surface area (Å²) in [6.45, 7) is 18.4. The van der Waals surface area contributed by atoms with Gasteiger partial charge in [0.15, 0.2) is 0 Å². The van der Waals surface area contributed by atoms with E-state index in [1.165, 1.54) is 56.3 Å². The van der Waals surface area contributed by atoms with Crippen LogP contribution in [0.15, 0.2) is 58.5 Å². The maximum absolute atomic E-state index is 10.6. The molecule has 4 unspecified atom stereocenters. The monoisotopic (exact) mass is 530 g/mol. The first-order chi connectivity index (χ1) is 18.6. The van der Waals surface area contributed by atoms with Gasteiger partial charge in [0.05, 0.1) is 0 Å². The molecule has 3 fully saturated rings. The number of hydrogen-bond acceptors (Lipinski definition) is 5. The van der Waals surface area contributed by atoms with Crippen LogP contribution < -0.4 is 11.1 Å². The molecule has 4 N–H and O–H groups in total. The van der Waals surface area contributed by atoms with Gasteiger partial charge in [0, 0.05) is 48.6 Å². The largest absolute Gasteiger partial charge is 0.508 e. The van der Waals surface area contributed by atoms with Crippen LogP contribution in [0.25, 0.3) is 0 Å². The second-order valence-corrected chi connectivity index (χ2v) is 13.4. The van der Waals surface area contributed by atoms with Crippen molar-refractivity contribution in [2.75, 3.05) is 19.6 Å². The smallest absolute Gasteiger partial charge is 0.124 e. The van der Waals surface area contributed by atoms with Crippen LogP contribution in [-0.2, 0) is 11.8 Å². The highest BCUT2D eigenvalue weighted by Gasteiger charge is 2.68. The second kappa shape index (κ2) is 10.8. The number of phenols is 1. The molecular weight excluding hydrogens is 480 g/mol. The normalized spacial score (nSPS) is 32.1. The number of rotatable bonds is 10. The Kier molecular flexibility index (Phi) is 7.76. The Morgan fingerprint density at radius 2 is 2.03 bits per heavy atom. The molecule has 0 aromatic heterocycles. The van der Waals surface area contributed by atoms with Crippen molar-refractivity contribution in [3.63, 3.8) is 0 Å². The van der Waals surface area contributed by atoms with E-state index < -0.39 is 0 Å². The summed E-state index contributed by atoms with van der Waals surface area (Å²) in [5.41, 5.74) is 11.8. The van der Waals surface area contributed by atoms with Crippen LogP contribution in [0.2, 0.25) is 0 Å². The van der Waals surface area contributed by atoms with Crippen molar-refractivity contribution in [1.82, 2.24) is 10.2 Å². The summed E-state index contributed by atoms with van der Waals surface area (Å²) in [6.07, 6.45) is 12.5. The second-order valence-electron chi connectivity index (χ2n) is 13.4. The van der Waals surface area contributed by atoms with Crippen molar-refractivity contribution in [2.45, 2.75) is 91.0 Å². The maximum atomic E-state index is 10.6. The summed E-state index contributed by atoms with van der Waals surface area (Å²) >= 11 is 0. The van der Waals surface area contributed by atoms with Crippen molar-refractivity contribution >= 4 is 6.21 Å². The number of hydrogen-bond donors (Lipinski definition) is 3. The van der Waals surface area contributed by atoms with Crippen molar-refractivity contribution < 1.29 is 5.11 Å². The molecule has 5 nitrogen and oxygen atoms in total. The van der Waals surface area contributed by atoms with Crippen LogP contribution in [0.5, 0.6) is 5.75 Å². The average molecular weight is 531 g/mol. The fourth-order valence-corrected chi connectivity index (χ4v) is 8.79. The molecule has 39 heavy (non-hydrogen) atoms. The molecule has 2 saturated carbocycles. The van der Waals surface area contributed by atoms with E-state index in [2.05, 4.69) is 56.6 Å². The molecule has 1 aliphatic heterocycles. The van der Waals surface area contributed by atoms with Gasteiger partial charge in [-0.1, -0.05) is 25.6 Å². The molecule has 5 heteroatoms. The Balaban J connectivity index is 1.41. The van der Waals surface area contributed by atoms with Crippen LogP contribution in [0.1, 0.15) is 84.3 Å². The topological polar surface area (TPSA) is 73.9 Å². The van der Waals surface area contributed by atoms with E-state index in [1.807, 2.05) is 25.3 Å².